The van der Waals surface area contributed by atoms with E-state index >= 15 is 0 Å². The van der Waals surface area contributed by atoms with Crippen LogP contribution in [-0.4, -0.2) is 38.5 Å². The Bertz CT molecular complexity index is 653. The SMILES string of the molecule is O=C(O)C1CC(=O)N(c2cccc(-n3nccn3)c2)C1. The smallest absolute Gasteiger partial charge is 0.308 e. The van der Waals surface area contributed by atoms with Gasteiger partial charge in [-0.3, -0.25) is 9.59 Å². The minimum Gasteiger partial charge on any atom is -0.481 e. The molecule has 2 aromatic rings. The summed E-state index contributed by atoms with van der Waals surface area (Å²) < 4.78 is 0. The van der Waals surface area contributed by atoms with Crippen molar-refractivity contribution in [3.8, 4) is 5.69 Å². The van der Waals surface area contributed by atoms with Gasteiger partial charge in [0, 0.05) is 18.7 Å². The minimum absolute atomic E-state index is 0.0413. The normalized spacial score (nSPS) is 18.5. The summed E-state index contributed by atoms with van der Waals surface area (Å²) in [5, 5.41) is 17.0. The van der Waals surface area contributed by atoms with Gasteiger partial charge in [-0.15, -0.1) is 0 Å². The molecule has 1 amide bonds. The number of amides is 1. The number of aromatic nitrogens is 3. The summed E-state index contributed by atoms with van der Waals surface area (Å²) in [6, 6.07) is 7.14. The lowest BCUT2D eigenvalue weighted by atomic mass is 10.1. The Morgan fingerprint density at radius 2 is 1.95 bits per heavy atom. The molecule has 1 aliphatic heterocycles. The van der Waals surface area contributed by atoms with Crippen LogP contribution in [0.2, 0.25) is 0 Å². The van der Waals surface area contributed by atoms with Gasteiger partial charge in [-0.2, -0.15) is 15.0 Å². The van der Waals surface area contributed by atoms with E-state index in [9.17, 15) is 9.59 Å². The maximum Gasteiger partial charge on any atom is 0.308 e. The number of carbonyl (C=O) groups excluding carboxylic acids is 1. The second-order valence-corrected chi connectivity index (χ2v) is 4.58. The van der Waals surface area contributed by atoms with Gasteiger partial charge < -0.3 is 10.0 Å². The molecule has 102 valence electrons. The predicted molar refractivity (Wildman–Crippen MR) is 69.5 cm³/mol. The molecule has 1 aromatic heterocycles. The number of aliphatic carboxylic acids is 1. The van der Waals surface area contributed by atoms with E-state index in [0.29, 0.717) is 5.69 Å². The van der Waals surface area contributed by atoms with Crippen molar-refractivity contribution >= 4 is 17.6 Å². The largest absolute Gasteiger partial charge is 0.481 e. The first-order valence-electron chi connectivity index (χ1n) is 6.15. The topological polar surface area (TPSA) is 88.3 Å². The number of rotatable bonds is 3. The van der Waals surface area contributed by atoms with Crippen molar-refractivity contribution in [2.24, 2.45) is 5.92 Å². The summed E-state index contributed by atoms with van der Waals surface area (Å²) in [4.78, 5) is 25.8. The van der Waals surface area contributed by atoms with E-state index in [2.05, 4.69) is 10.2 Å². The van der Waals surface area contributed by atoms with Crippen molar-refractivity contribution in [2.45, 2.75) is 6.42 Å². The van der Waals surface area contributed by atoms with Crippen molar-refractivity contribution in [1.29, 1.82) is 0 Å². The van der Waals surface area contributed by atoms with Gasteiger partial charge in [-0.1, -0.05) is 6.07 Å². The lowest BCUT2D eigenvalue weighted by molar-refractivity contribution is -0.141. The molecule has 1 N–H and O–H groups in total. The van der Waals surface area contributed by atoms with Crippen LogP contribution in [0.5, 0.6) is 0 Å². The second kappa shape index (κ2) is 4.76. The molecule has 7 heteroatoms. The molecular formula is C13H12N4O3. The Kier molecular flexibility index (Phi) is 2.94. The van der Waals surface area contributed by atoms with Gasteiger partial charge in [0.05, 0.1) is 24.0 Å². The van der Waals surface area contributed by atoms with Crippen LogP contribution in [0.25, 0.3) is 5.69 Å². The summed E-state index contributed by atoms with van der Waals surface area (Å²) >= 11 is 0. The van der Waals surface area contributed by atoms with E-state index in [1.807, 2.05) is 6.07 Å². The van der Waals surface area contributed by atoms with Crippen LogP contribution in [0.15, 0.2) is 36.7 Å². The van der Waals surface area contributed by atoms with Crippen molar-refractivity contribution < 1.29 is 14.7 Å². The molecule has 3 rings (SSSR count). The Morgan fingerprint density at radius 3 is 2.60 bits per heavy atom. The van der Waals surface area contributed by atoms with E-state index in [4.69, 9.17) is 5.11 Å². The van der Waals surface area contributed by atoms with Crippen LogP contribution >= 0.6 is 0 Å². The van der Waals surface area contributed by atoms with Gasteiger partial charge in [0.1, 0.15) is 0 Å². The van der Waals surface area contributed by atoms with Crippen LogP contribution in [0.4, 0.5) is 5.69 Å². The highest BCUT2D eigenvalue weighted by Crippen LogP contribution is 2.26. The number of carboxylic acids is 1. The maximum atomic E-state index is 11.9. The van der Waals surface area contributed by atoms with Crippen LogP contribution < -0.4 is 4.90 Å². The van der Waals surface area contributed by atoms with E-state index in [0.717, 1.165) is 5.69 Å². The molecule has 0 spiro atoms. The van der Waals surface area contributed by atoms with Gasteiger partial charge in [0.15, 0.2) is 0 Å². The fourth-order valence-corrected chi connectivity index (χ4v) is 2.26. The van der Waals surface area contributed by atoms with E-state index in [-0.39, 0.29) is 18.9 Å². The van der Waals surface area contributed by atoms with Gasteiger partial charge in [-0.05, 0) is 18.2 Å². The standard InChI is InChI=1S/C13H12N4O3/c18-12-6-9(13(19)20)8-16(12)10-2-1-3-11(7-10)17-14-4-5-15-17/h1-5,7,9H,6,8H2,(H,19,20). The average Bonchev–Trinajstić information content (AvgIpc) is 3.08. The lowest BCUT2D eigenvalue weighted by Gasteiger charge is -2.16. The number of hydrogen-bond acceptors (Lipinski definition) is 4. The number of carbonyl (C=O) groups is 2. The Labute approximate surface area is 114 Å². The third-order valence-electron chi connectivity index (χ3n) is 3.27. The van der Waals surface area contributed by atoms with Gasteiger partial charge in [0.25, 0.3) is 0 Å². The third-order valence-corrected chi connectivity index (χ3v) is 3.27. The van der Waals surface area contributed by atoms with Crippen LogP contribution in [0.3, 0.4) is 0 Å². The number of hydrogen-bond donors (Lipinski definition) is 1. The number of anilines is 1. The molecular weight excluding hydrogens is 260 g/mol. The monoisotopic (exact) mass is 272 g/mol. The summed E-state index contributed by atoms with van der Waals surface area (Å²) in [6.07, 6.45) is 3.17. The zero-order valence-corrected chi connectivity index (χ0v) is 10.5. The molecule has 0 bridgehead atoms. The van der Waals surface area contributed by atoms with Crippen LogP contribution in [0.1, 0.15) is 6.42 Å². The van der Waals surface area contributed by atoms with Crippen molar-refractivity contribution in [1.82, 2.24) is 15.0 Å². The molecule has 0 radical (unpaired) electrons. The van der Waals surface area contributed by atoms with Gasteiger partial charge in [-0.25, -0.2) is 0 Å². The zero-order valence-electron chi connectivity index (χ0n) is 10.5. The molecule has 7 nitrogen and oxygen atoms in total. The minimum atomic E-state index is -0.939. The molecule has 1 unspecified atom stereocenters. The molecule has 2 heterocycles. The molecule has 1 saturated heterocycles. The summed E-state index contributed by atoms with van der Waals surface area (Å²) in [5.41, 5.74) is 1.38. The number of carboxylic acid groups (broad SMARTS) is 1. The zero-order chi connectivity index (χ0) is 14.1. The fraction of sp³-hybridized carbons (Fsp3) is 0.231. The Balaban J connectivity index is 1.90. The van der Waals surface area contributed by atoms with E-state index in [1.165, 1.54) is 9.70 Å². The second-order valence-electron chi connectivity index (χ2n) is 4.58. The quantitative estimate of drug-likeness (QED) is 0.888. The highest BCUT2D eigenvalue weighted by atomic mass is 16.4. The lowest BCUT2D eigenvalue weighted by Crippen LogP contribution is -2.25. The first-order valence-corrected chi connectivity index (χ1v) is 6.15. The maximum absolute atomic E-state index is 11.9. The molecule has 20 heavy (non-hydrogen) atoms. The van der Waals surface area contributed by atoms with Gasteiger partial charge in [0.2, 0.25) is 5.91 Å². The van der Waals surface area contributed by atoms with E-state index in [1.54, 1.807) is 30.6 Å². The van der Waals surface area contributed by atoms with Gasteiger partial charge >= 0.3 is 5.97 Å². The van der Waals surface area contributed by atoms with Crippen molar-refractivity contribution in [3.63, 3.8) is 0 Å². The first-order chi connectivity index (χ1) is 9.65. The fourth-order valence-electron chi connectivity index (χ4n) is 2.26. The summed E-state index contributed by atoms with van der Waals surface area (Å²) in [5.74, 6) is -1.76. The third kappa shape index (κ3) is 2.13. The molecule has 1 aliphatic rings. The van der Waals surface area contributed by atoms with Crippen LogP contribution in [0, 0.1) is 5.92 Å². The molecule has 0 saturated carbocycles. The number of benzene rings is 1. The Hall–Kier alpha value is -2.70. The highest BCUT2D eigenvalue weighted by molar-refractivity contribution is 5.99. The molecule has 1 atom stereocenters. The van der Waals surface area contributed by atoms with Crippen LogP contribution in [-0.2, 0) is 9.59 Å². The number of nitrogens with zero attached hydrogens (tertiary/aromatic N) is 4. The highest BCUT2D eigenvalue weighted by Gasteiger charge is 2.35. The molecule has 0 aliphatic carbocycles. The average molecular weight is 272 g/mol. The van der Waals surface area contributed by atoms with Crippen molar-refractivity contribution in [2.75, 3.05) is 11.4 Å². The van der Waals surface area contributed by atoms with E-state index < -0.39 is 11.9 Å². The Morgan fingerprint density at radius 1 is 1.25 bits per heavy atom. The summed E-state index contributed by atoms with van der Waals surface area (Å²) in [7, 11) is 0. The predicted octanol–water partition coefficient (Wildman–Crippen LogP) is 0.705. The summed E-state index contributed by atoms with van der Waals surface area (Å²) in [6.45, 7) is 0.199. The van der Waals surface area contributed by atoms with Crippen molar-refractivity contribution in [3.05, 3.63) is 36.7 Å². The first kappa shape index (κ1) is 12.3. The molecule has 1 aromatic carbocycles. The molecule has 1 fully saturated rings.